The molecule has 4 rings (SSSR count). The molecule has 0 saturated carbocycles. The Morgan fingerprint density at radius 3 is 2.42 bits per heavy atom. The lowest BCUT2D eigenvalue weighted by Crippen LogP contribution is -2.48. The van der Waals surface area contributed by atoms with Crippen LogP contribution in [0.5, 0.6) is 0 Å². The topological polar surface area (TPSA) is 99.3 Å². The number of amides is 2. The van der Waals surface area contributed by atoms with E-state index in [1.807, 2.05) is 0 Å². The number of rotatable bonds is 6. The zero-order chi connectivity index (χ0) is 23.4. The second kappa shape index (κ2) is 10.5. The summed E-state index contributed by atoms with van der Waals surface area (Å²) in [4.78, 5) is 29.5. The maximum atomic E-state index is 13.0. The minimum Gasteiger partial charge on any atom is -0.379 e. The van der Waals surface area contributed by atoms with E-state index in [4.69, 9.17) is 4.74 Å². The number of carbonyl (C=O) groups excluding carboxylic acids is 2. The van der Waals surface area contributed by atoms with Crippen LogP contribution in [0.15, 0.2) is 23.1 Å². The number of ether oxygens (including phenoxy) is 1. The molecule has 2 fully saturated rings. The third-order valence-electron chi connectivity index (χ3n) is 6.71. The summed E-state index contributed by atoms with van der Waals surface area (Å²) >= 11 is 0. The molecule has 2 amide bonds. The van der Waals surface area contributed by atoms with Crippen molar-refractivity contribution < 1.29 is 22.7 Å². The number of nitrogens with one attached hydrogen (secondary N) is 1. The molecule has 0 aliphatic carbocycles. The van der Waals surface area contributed by atoms with Crippen molar-refractivity contribution >= 4 is 27.5 Å². The van der Waals surface area contributed by atoms with E-state index in [9.17, 15) is 18.0 Å². The predicted octanol–water partition coefficient (Wildman–Crippen LogP) is 0.977. The van der Waals surface area contributed by atoms with Crippen LogP contribution < -0.4 is 10.2 Å². The van der Waals surface area contributed by atoms with Gasteiger partial charge in [0.25, 0.3) is 0 Å². The number of likely N-dealkylation sites (tertiary alicyclic amines) is 1. The fourth-order valence-electron chi connectivity index (χ4n) is 4.94. The fourth-order valence-corrected chi connectivity index (χ4v) is 6.40. The highest BCUT2D eigenvalue weighted by Gasteiger charge is 2.38. The Hall–Kier alpha value is -2.01. The largest absolute Gasteiger partial charge is 0.379 e. The standard InChI is InChI=1S/C23H34N4O5S/c1-18(28)27-21-7-6-20(33(30,31)26-12-14-32-15-13-26)16-19(21)17-22(27)23(29)24-8-11-25-9-4-2-3-5-10-25/h6-7,16,22H,2-5,8-15,17H2,1H3,(H,24,29)/t22-/m1/s1. The average Bonchev–Trinajstić information content (AvgIpc) is 3.01. The zero-order valence-electron chi connectivity index (χ0n) is 19.3. The summed E-state index contributed by atoms with van der Waals surface area (Å²) in [5, 5.41) is 2.99. The Kier molecular flexibility index (Phi) is 7.68. The van der Waals surface area contributed by atoms with Crippen molar-refractivity contribution in [1.29, 1.82) is 0 Å². The SMILES string of the molecule is CC(=O)N1c2ccc(S(=O)(=O)N3CCOCC3)cc2C[C@@H]1C(=O)NCCN1CCCCCC1. The lowest BCUT2D eigenvalue weighted by atomic mass is 10.1. The Balaban J connectivity index is 1.44. The van der Waals surface area contributed by atoms with Gasteiger partial charge in [-0.05, 0) is 49.7 Å². The van der Waals surface area contributed by atoms with Gasteiger partial charge < -0.3 is 15.0 Å². The van der Waals surface area contributed by atoms with Gasteiger partial charge >= 0.3 is 0 Å². The molecule has 3 aliphatic heterocycles. The van der Waals surface area contributed by atoms with Crippen molar-refractivity contribution in [2.24, 2.45) is 0 Å². The smallest absolute Gasteiger partial charge is 0.243 e. The molecule has 0 aromatic heterocycles. The van der Waals surface area contributed by atoms with Crippen molar-refractivity contribution in [2.45, 2.75) is 50.0 Å². The quantitative estimate of drug-likeness (QED) is 0.654. The molecule has 1 aromatic carbocycles. The van der Waals surface area contributed by atoms with Crippen LogP contribution in [0.1, 0.15) is 38.2 Å². The van der Waals surface area contributed by atoms with Crippen LogP contribution in [0.2, 0.25) is 0 Å². The second-order valence-corrected chi connectivity index (χ2v) is 10.9. The molecule has 1 aromatic rings. The van der Waals surface area contributed by atoms with Gasteiger partial charge in [-0.2, -0.15) is 4.31 Å². The van der Waals surface area contributed by atoms with Gasteiger partial charge in [0.15, 0.2) is 0 Å². The molecule has 0 bridgehead atoms. The summed E-state index contributed by atoms with van der Waals surface area (Å²) in [6, 6.07) is 4.12. The Bertz CT molecular complexity index is 969. The number of morpholine rings is 1. The Labute approximate surface area is 196 Å². The first-order chi connectivity index (χ1) is 15.9. The van der Waals surface area contributed by atoms with Crippen molar-refractivity contribution in [3.05, 3.63) is 23.8 Å². The van der Waals surface area contributed by atoms with E-state index in [-0.39, 0.29) is 16.7 Å². The first-order valence-electron chi connectivity index (χ1n) is 11.9. The number of anilines is 1. The van der Waals surface area contributed by atoms with Gasteiger partial charge in [0, 0.05) is 45.2 Å². The summed E-state index contributed by atoms with van der Waals surface area (Å²) < 4.78 is 32.8. The molecular weight excluding hydrogens is 444 g/mol. The normalized spacial score (nSPS) is 22.6. The van der Waals surface area contributed by atoms with Crippen molar-refractivity contribution in [3.8, 4) is 0 Å². The van der Waals surface area contributed by atoms with E-state index in [1.54, 1.807) is 12.1 Å². The van der Waals surface area contributed by atoms with Crippen LogP contribution >= 0.6 is 0 Å². The molecule has 1 atom stereocenters. The highest BCUT2D eigenvalue weighted by Crippen LogP contribution is 2.35. The van der Waals surface area contributed by atoms with Crippen LogP contribution in [0.25, 0.3) is 0 Å². The lowest BCUT2D eigenvalue weighted by Gasteiger charge is -2.26. The highest BCUT2D eigenvalue weighted by molar-refractivity contribution is 7.89. The maximum absolute atomic E-state index is 13.0. The predicted molar refractivity (Wildman–Crippen MR) is 125 cm³/mol. The number of nitrogens with zero attached hydrogens (tertiary/aromatic N) is 3. The number of sulfonamides is 1. The van der Waals surface area contributed by atoms with Gasteiger partial charge in [-0.25, -0.2) is 8.42 Å². The van der Waals surface area contributed by atoms with Crippen molar-refractivity contribution in [2.75, 3.05) is 57.4 Å². The van der Waals surface area contributed by atoms with Gasteiger partial charge in [0.1, 0.15) is 6.04 Å². The molecule has 10 heteroatoms. The van der Waals surface area contributed by atoms with Gasteiger partial charge in [0.05, 0.1) is 18.1 Å². The van der Waals surface area contributed by atoms with E-state index in [0.717, 1.165) is 19.6 Å². The average molecular weight is 479 g/mol. The molecule has 182 valence electrons. The second-order valence-electron chi connectivity index (χ2n) is 8.96. The van der Waals surface area contributed by atoms with Crippen LogP contribution in [-0.4, -0.2) is 88.0 Å². The van der Waals surface area contributed by atoms with E-state index >= 15 is 0 Å². The third-order valence-corrected chi connectivity index (χ3v) is 8.61. The molecule has 1 N–H and O–H groups in total. The zero-order valence-corrected chi connectivity index (χ0v) is 20.1. The van der Waals surface area contributed by atoms with E-state index in [2.05, 4.69) is 10.2 Å². The third kappa shape index (κ3) is 5.40. The highest BCUT2D eigenvalue weighted by atomic mass is 32.2. The molecule has 2 saturated heterocycles. The van der Waals surface area contributed by atoms with Crippen LogP contribution in [0.4, 0.5) is 5.69 Å². The molecule has 0 unspecified atom stereocenters. The van der Waals surface area contributed by atoms with Gasteiger partial charge in [-0.3, -0.25) is 14.5 Å². The van der Waals surface area contributed by atoms with Gasteiger partial charge in [-0.15, -0.1) is 0 Å². The number of benzene rings is 1. The minimum atomic E-state index is -3.64. The molecular formula is C23H34N4O5S. The fraction of sp³-hybridized carbons (Fsp3) is 0.652. The number of hydrogen-bond acceptors (Lipinski definition) is 6. The molecule has 3 heterocycles. The van der Waals surface area contributed by atoms with Crippen molar-refractivity contribution in [1.82, 2.24) is 14.5 Å². The molecule has 0 spiro atoms. The summed E-state index contributed by atoms with van der Waals surface area (Å²) in [6.45, 7) is 6.29. The van der Waals surface area contributed by atoms with Crippen LogP contribution in [0, 0.1) is 0 Å². The molecule has 0 radical (unpaired) electrons. The maximum Gasteiger partial charge on any atom is 0.243 e. The Morgan fingerprint density at radius 1 is 1.06 bits per heavy atom. The number of fused-ring (bicyclic) bond motifs is 1. The first-order valence-corrected chi connectivity index (χ1v) is 13.3. The van der Waals surface area contributed by atoms with E-state index in [1.165, 1.54) is 47.9 Å². The minimum absolute atomic E-state index is 0.189. The summed E-state index contributed by atoms with van der Waals surface area (Å²) in [7, 11) is -3.64. The van der Waals surface area contributed by atoms with Crippen LogP contribution in [-0.2, 0) is 30.8 Å². The first kappa shape index (κ1) is 24.1. The number of carbonyl (C=O) groups is 2. The Morgan fingerprint density at radius 2 is 1.76 bits per heavy atom. The number of hydrogen-bond donors (Lipinski definition) is 1. The van der Waals surface area contributed by atoms with E-state index < -0.39 is 16.1 Å². The lowest BCUT2D eigenvalue weighted by molar-refractivity contribution is -0.125. The monoisotopic (exact) mass is 478 g/mol. The summed E-state index contributed by atoms with van der Waals surface area (Å²) in [5.41, 5.74) is 1.31. The summed E-state index contributed by atoms with van der Waals surface area (Å²) in [6.07, 6.45) is 5.22. The van der Waals surface area contributed by atoms with Gasteiger partial charge in [0.2, 0.25) is 21.8 Å². The van der Waals surface area contributed by atoms with Crippen LogP contribution in [0.3, 0.4) is 0 Å². The van der Waals surface area contributed by atoms with E-state index in [0.29, 0.717) is 50.5 Å². The molecule has 33 heavy (non-hydrogen) atoms. The van der Waals surface area contributed by atoms with Gasteiger partial charge in [-0.1, -0.05) is 12.8 Å². The van der Waals surface area contributed by atoms with Crippen molar-refractivity contribution in [3.63, 3.8) is 0 Å². The molecule has 3 aliphatic rings. The molecule has 9 nitrogen and oxygen atoms in total. The summed E-state index contributed by atoms with van der Waals surface area (Å²) in [5.74, 6) is -0.431.